The molecule has 0 heterocycles. The van der Waals surface area contributed by atoms with Crippen LogP contribution < -0.4 is 5.32 Å². The van der Waals surface area contributed by atoms with Gasteiger partial charge in [0.25, 0.3) is 0 Å². The van der Waals surface area contributed by atoms with E-state index in [0.29, 0.717) is 0 Å². The van der Waals surface area contributed by atoms with Crippen LogP contribution in [0, 0.1) is 5.92 Å². The van der Waals surface area contributed by atoms with Crippen LogP contribution in [0.1, 0.15) is 39.2 Å². The number of hydrogen-bond acceptors (Lipinski definition) is 3. The van der Waals surface area contributed by atoms with Crippen molar-refractivity contribution in [2.45, 2.75) is 39.2 Å². The highest BCUT2D eigenvalue weighted by atomic mass is 32.2. The molecular weight excluding hydrogens is 266 g/mol. The van der Waals surface area contributed by atoms with Gasteiger partial charge in [0.05, 0.1) is 12.1 Å². The van der Waals surface area contributed by atoms with E-state index in [2.05, 4.69) is 38.2 Å². The normalized spacial score (nSPS) is 14.4. The molecule has 0 fully saturated rings. The molecule has 1 aromatic carbocycles. The number of hydrogen-bond donors (Lipinski definition) is 2. The Labute approximate surface area is 128 Å². The SMILES string of the molecule is CCCNC(CO)(CSCCC(C)C)c1ccccc1. The van der Waals surface area contributed by atoms with Crippen molar-refractivity contribution in [3.63, 3.8) is 0 Å². The van der Waals surface area contributed by atoms with E-state index in [1.807, 2.05) is 30.0 Å². The lowest BCUT2D eigenvalue weighted by Crippen LogP contribution is -2.48. The second-order valence-corrected chi connectivity index (χ2v) is 6.87. The minimum Gasteiger partial charge on any atom is -0.394 e. The first-order valence-corrected chi connectivity index (χ1v) is 8.79. The van der Waals surface area contributed by atoms with Crippen molar-refractivity contribution in [2.24, 2.45) is 5.92 Å². The molecule has 1 aromatic rings. The van der Waals surface area contributed by atoms with Crippen molar-refractivity contribution in [2.75, 3.05) is 24.7 Å². The zero-order valence-corrected chi connectivity index (χ0v) is 13.9. The Bertz CT molecular complexity index is 355. The van der Waals surface area contributed by atoms with Gasteiger partial charge < -0.3 is 10.4 Å². The fraction of sp³-hybridized carbons (Fsp3) is 0.647. The summed E-state index contributed by atoms with van der Waals surface area (Å²) >= 11 is 1.94. The number of rotatable bonds is 10. The summed E-state index contributed by atoms with van der Waals surface area (Å²) in [5, 5.41) is 13.6. The van der Waals surface area contributed by atoms with Gasteiger partial charge in [0, 0.05) is 5.75 Å². The zero-order chi connectivity index (χ0) is 14.8. The fourth-order valence-corrected chi connectivity index (χ4v) is 3.61. The molecule has 1 rings (SSSR count). The first-order chi connectivity index (χ1) is 9.64. The molecular formula is C17H29NOS. The molecule has 1 atom stereocenters. The van der Waals surface area contributed by atoms with E-state index in [4.69, 9.17) is 0 Å². The van der Waals surface area contributed by atoms with Crippen LogP contribution in [0.4, 0.5) is 0 Å². The Balaban J connectivity index is 2.72. The minimum atomic E-state index is -0.307. The fourth-order valence-electron chi connectivity index (χ4n) is 2.12. The first-order valence-electron chi connectivity index (χ1n) is 7.63. The maximum absolute atomic E-state index is 9.99. The van der Waals surface area contributed by atoms with Gasteiger partial charge in [-0.15, -0.1) is 0 Å². The van der Waals surface area contributed by atoms with Gasteiger partial charge in [-0.25, -0.2) is 0 Å². The molecule has 0 saturated carbocycles. The molecule has 0 saturated heterocycles. The molecule has 2 N–H and O–H groups in total. The second kappa shape index (κ2) is 9.43. The van der Waals surface area contributed by atoms with E-state index in [-0.39, 0.29) is 12.1 Å². The van der Waals surface area contributed by atoms with Crippen molar-refractivity contribution in [3.05, 3.63) is 35.9 Å². The molecule has 20 heavy (non-hydrogen) atoms. The molecule has 114 valence electrons. The topological polar surface area (TPSA) is 32.3 Å². The van der Waals surface area contributed by atoms with Crippen LogP contribution in [0.25, 0.3) is 0 Å². The summed E-state index contributed by atoms with van der Waals surface area (Å²) in [5.74, 6) is 2.81. The van der Waals surface area contributed by atoms with Gasteiger partial charge in [-0.3, -0.25) is 0 Å². The van der Waals surface area contributed by atoms with Crippen LogP contribution in [-0.2, 0) is 5.54 Å². The summed E-state index contributed by atoms with van der Waals surface area (Å²) in [6.45, 7) is 7.75. The summed E-state index contributed by atoms with van der Waals surface area (Å²) < 4.78 is 0. The summed E-state index contributed by atoms with van der Waals surface area (Å²) in [4.78, 5) is 0. The molecule has 0 aliphatic rings. The van der Waals surface area contributed by atoms with Gasteiger partial charge >= 0.3 is 0 Å². The lowest BCUT2D eigenvalue weighted by Gasteiger charge is -2.33. The summed E-state index contributed by atoms with van der Waals surface area (Å²) in [7, 11) is 0. The average Bonchev–Trinajstić information content (AvgIpc) is 2.48. The van der Waals surface area contributed by atoms with Gasteiger partial charge in [-0.05, 0) is 36.6 Å². The largest absolute Gasteiger partial charge is 0.394 e. The van der Waals surface area contributed by atoms with E-state index < -0.39 is 0 Å². The van der Waals surface area contributed by atoms with Gasteiger partial charge in [0.1, 0.15) is 0 Å². The van der Waals surface area contributed by atoms with Crippen molar-refractivity contribution >= 4 is 11.8 Å². The Morgan fingerprint density at radius 3 is 2.50 bits per heavy atom. The van der Waals surface area contributed by atoms with Gasteiger partial charge in [-0.2, -0.15) is 11.8 Å². The molecule has 0 aliphatic carbocycles. The highest BCUT2D eigenvalue weighted by Crippen LogP contribution is 2.26. The van der Waals surface area contributed by atoms with Crippen molar-refractivity contribution < 1.29 is 5.11 Å². The maximum Gasteiger partial charge on any atom is 0.0760 e. The molecule has 3 heteroatoms. The standard InChI is InChI=1S/C17H29NOS/c1-4-11-18-17(13-19,14-20-12-10-15(2)3)16-8-6-5-7-9-16/h5-9,15,18-19H,4,10-14H2,1-3H3. The Kier molecular flexibility index (Phi) is 8.27. The molecule has 0 aliphatic heterocycles. The lowest BCUT2D eigenvalue weighted by atomic mass is 9.92. The van der Waals surface area contributed by atoms with Crippen LogP contribution in [0.3, 0.4) is 0 Å². The third-order valence-corrected chi connectivity index (χ3v) is 4.72. The summed E-state index contributed by atoms with van der Waals surface area (Å²) in [5.41, 5.74) is 0.881. The Morgan fingerprint density at radius 1 is 1.25 bits per heavy atom. The Hall–Kier alpha value is -0.510. The summed E-state index contributed by atoms with van der Waals surface area (Å²) in [6, 6.07) is 10.3. The maximum atomic E-state index is 9.99. The number of aliphatic hydroxyl groups excluding tert-OH is 1. The zero-order valence-electron chi connectivity index (χ0n) is 13.1. The number of aliphatic hydroxyl groups is 1. The number of benzene rings is 1. The molecule has 2 nitrogen and oxygen atoms in total. The quantitative estimate of drug-likeness (QED) is 0.646. The van der Waals surface area contributed by atoms with Gasteiger partial charge in [0.2, 0.25) is 0 Å². The van der Waals surface area contributed by atoms with E-state index in [1.165, 1.54) is 12.0 Å². The third-order valence-electron chi connectivity index (χ3n) is 3.50. The summed E-state index contributed by atoms with van der Waals surface area (Å²) in [6.07, 6.45) is 2.31. The van der Waals surface area contributed by atoms with Crippen LogP contribution in [0.5, 0.6) is 0 Å². The monoisotopic (exact) mass is 295 g/mol. The number of nitrogens with one attached hydrogen (secondary N) is 1. The molecule has 0 spiro atoms. The van der Waals surface area contributed by atoms with Gasteiger partial charge in [0.15, 0.2) is 0 Å². The predicted octanol–water partition coefficient (Wildman–Crippen LogP) is 3.65. The molecule has 0 bridgehead atoms. The van der Waals surface area contributed by atoms with Crippen molar-refractivity contribution in [1.82, 2.24) is 5.32 Å². The number of thioether (sulfide) groups is 1. The van der Waals surface area contributed by atoms with E-state index >= 15 is 0 Å². The third kappa shape index (κ3) is 5.47. The van der Waals surface area contributed by atoms with Crippen LogP contribution in [-0.4, -0.2) is 29.8 Å². The molecule has 1 unspecified atom stereocenters. The van der Waals surface area contributed by atoms with Gasteiger partial charge in [-0.1, -0.05) is 51.1 Å². The Morgan fingerprint density at radius 2 is 1.95 bits per heavy atom. The lowest BCUT2D eigenvalue weighted by molar-refractivity contribution is 0.179. The van der Waals surface area contributed by atoms with E-state index in [0.717, 1.165) is 30.4 Å². The van der Waals surface area contributed by atoms with Crippen LogP contribution >= 0.6 is 11.8 Å². The first kappa shape index (κ1) is 17.5. The second-order valence-electron chi connectivity index (χ2n) is 5.77. The van der Waals surface area contributed by atoms with E-state index in [1.54, 1.807) is 0 Å². The highest BCUT2D eigenvalue weighted by Gasteiger charge is 2.30. The minimum absolute atomic E-state index is 0.145. The highest BCUT2D eigenvalue weighted by molar-refractivity contribution is 7.99. The van der Waals surface area contributed by atoms with Crippen LogP contribution in [0.15, 0.2) is 30.3 Å². The predicted molar refractivity (Wildman–Crippen MR) is 90.3 cm³/mol. The average molecular weight is 295 g/mol. The smallest absolute Gasteiger partial charge is 0.0760 e. The molecule has 0 amide bonds. The molecule has 0 radical (unpaired) electrons. The van der Waals surface area contributed by atoms with Crippen molar-refractivity contribution in [3.8, 4) is 0 Å². The van der Waals surface area contributed by atoms with E-state index in [9.17, 15) is 5.11 Å². The molecule has 0 aromatic heterocycles. The van der Waals surface area contributed by atoms with Crippen molar-refractivity contribution in [1.29, 1.82) is 0 Å². The van der Waals surface area contributed by atoms with Crippen LogP contribution in [0.2, 0.25) is 0 Å².